The highest BCUT2D eigenvalue weighted by atomic mass is 32.2. The molecule has 0 heterocycles. The van der Waals surface area contributed by atoms with Gasteiger partial charge in [0, 0.05) is 22.6 Å². The van der Waals surface area contributed by atoms with Crippen molar-refractivity contribution >= 4 is 10.8 Å². The molecule has 0 spiro atoms. The summed E-state index contributed by atoms with van der Waals surface area (Å²) in [6, 6.07) is 7.70. The molecule has 0 aromatic heterocycles. The second-order valence-electron chi connectivity index (χ2n) is 4.00. The molecular weight excluding hydrogens is 234 g/mol. The van der Waals surface area contributed by atoms with Gasteiger partial charge in [-0.1, -0.05) is 26.0 Å². The van der Waals surface area contributed by atoms with E-state index < -0.39 is 10.8 Å². The van der Waals surface area contributed by atoms with Gasteiger partial charge in [-0.05, 0) is 24.1 Å². The molecule has 0 fully saturated rings. The molecule has 0 aliphatic carbocycles. The third-order valence-corrected chi connectivity index (χ3v) is 4.51. The van der Waals surface area contributed by atoms with Crippen molar-refractivity contribution in [3.05, 3.63) is 29.8 Å². The average molecular weight is 255 g/mol. The molecule has 1 aromatic rings. The number of benzene rings is 1. The van der Waals surface area contributed by atoms with Crippen molar-refractivity contribution in [3.8, 4) is 5.75 Å². The van der Waals surface area contributed by atoms with Gasteiger partial charge in [0.25, 0.3) is 0 Å². The largest absolute Gasteiger partial charge is 0.493 e. The molecule has 1 aromatic carbocycles. The second-order valence-corrected chi connectivity index (χ2v) is 5.98. The van der Waals surface area contributed by atoms with Crippen LogP contribution in [0.15, 0.2) is 24.3 Å². The summed E-state index contributed by atoms with van der Waals surface area (Å²) >= 11 is 0. The van der Waals surface area contributed by atoms with Crippen molar-refractivity contribution in [2.45, 2.75) is 32.1 Å². The lowest BCUT2D eigenvalue weighted by molar-refractivity contribution is 0.342. The molecule has 0 aliphatic rings. The highest BCUT2D eigenvalue weighted by Crippen LogP contribution is 2.13. The zero-order valence-electron chi connectivity index (χ0n) is 10.5. The summed E-state index contributed by atoms with van der Waals surface area (Å²) in [4.78, 5) is 0. The van der Waals surface area contributed by atoms with Gasteiger partial charge in [-0.3, -0.25) is 4.21 Å². The summed E-state index contributed by atoms with van der Waals surface area (Å²) in [6.07, 6.45) is 0.940. The Morgan fingerprint density at radius 1 is 1.47 bits per heavy atom. The van der Waals surface area contributed by atoms with Crippen molar-refractivity contribution < 1.29 is 8.95 Å². The standard InChI is InChI=1S/C13H21NO2S/c1-3-11(2)17(15)8-7-16-13-6-4-5-12(9-13)10-14/h4-6,9,11H,3,7-8,10,14H2,1-2H3. The number of hydrogen-bond donors (Lipinski definition) is 1. The predicted octanol–water partition coefficient (Wildman–Crippen LogP) is 2.07. The molecule has 0 bridgehead atoms. The van der Waals surface area contributed by atoms with Crippen LogP contribution in [0.1, 0.15) is 25.8 Å². The minimum atomic E-state index is -0.795. The van der Waals surface area contributed by atoms with Gasteiger partial charge in [0.15, 0.2) is 0 Å². The maximum atomic E-state index is 11.7. The van der Waals surface area contributed by atoms with Crippen LogP contribution < -0.4 is 10.5 Å². The lowest BCUT2D eigenvalue weighted by Crippen LogP contribution is -2.17. The summed E-state index contributed by atoms with van der Waals surface area (Å²) in [5.74, 6) is 1.39. The van der Waals surface area contributed by atoms with E-state index in [1.165, 1.54) is 0 Å². The highest BCUT2D eigenvalue weighted by Gasteiger charge is 2.08. The smallest absolute Gasteiger partial charge is 0.119 e. The Balaban J connectivity index is 2.37. The number of nitrogens with two attached hydrogens (primary N) is 1. The molecule has 2 N–H and O–H groups in total. The van der Waals surface area contributed by atoms with E-state index in [-0.39, 0.29) is 5.25 Å². The zero-order chi connectivity index (χ0) is 12.7. The first-order chi connectivity index (χ1) is 8.17. The lowest BCUT2D eigenvalue weighted by atomic mass is 10.2. The Bertz CT molecular complexity index is 368. The van der Waals surface area contributed by atoms with Crippen molar-refractivity contribution in [1.82, 2.24) is 0 Å². The summed E-state index contributed by atoms with van der Waals surface area (Å²) in [6.45, 7) is 5.06. The summed E-state index contributed by atoms with van der Waals surface area (Å²) in [7, 11) is -0.795. The number of rotatable bonds is 7. The van der Waals surface area contributed by atoms with Crippen molar-refractivity contribution in [2.75, 3.05) is 12.4 Å². The molecule has 3 nitrogen and oxygen atoms in total. The van der Waals surface area contributed by atoms with Gasteiger partial charge in [0.2, 0.25) is 0 Å². The molecule has 0 saturated carbocycles. The third-order valence-electron chi connectivity index (χ3n) is 2.71. The lowest BCUT2D eigenvalue weighted by Gasteiger charge is -2.10. The van der Waals surface area contributed by atoms with Crippen LogP contribution in [-0.4, -0.2) is 21.8 Å². The van der Waals surface area contributed by atoms with Crippen LogP contribution in [0.25, 0.3) is 0 Å². The first-order valence-corrected chi connectivity index (χ1v) is 7.34. The minimum absolute atomic E-state index is 0.244. The average Bonchev–Trinajstić information content (AvgIpc) is 2.37. The van der Waals surface area contributed by atoms with Crippen LogP contribution in [0.3, 0.4) is 0 Å². The second kappa shape index (κ2) is 7.45. The van der Waals surface area contributed by atoms with Gasteiger partial charge in [0.1, 0.15) is 5.75 Å². The van der Waals surface area contributed by atoms with Gasteiger partial charge >= 0.3 is 0 Å². The molecule has 0 aliphatic heterocycles. The summed E-state index contributed by atoms with van der Waals surface area (Å²) in [5, 5.41) is 0.244. The van der Waals surface area contributed by atoms with E-state index >= 15 is 0 Å². The van der Waals surface area contributed by atoms with E-state index in [0.29, 0.717) is 18.9 Å². The fraction of sp³-hybridized carbons (Fsp3) is 0.538. The molecule has 0 saturated heterocycles. The van der Waals surface area contributed by atoms with Gasteiger partial charge in [-0.2, -0.15) is 0 Å². The minimum Gasteiger partial charge on any atom is -0.493 e. The number of hydrogen-bond acceptors (Lipinski definition) is 3. The molecule has 2 atom stereocenters. The van der Waals surface area contributed by atoms with Crippen molar-refractivity contribution in [2.24, 2.45) is 5.73 Å². The normalized spacial score (nSPS) is 14.3. The molecule has 2 unspecified atom stereocenters. The van der Waals surface area contributed by atoms with Crippen LogP contribution >= 0.6 is 0 Å². The first-order valence-electron chi connectivity index (χ1n) is 5.96. The Labute approximate surface area is 106 Å². The van der Waals surface area contributed by atoms with Gasteiger partial charge in [-0.25, -0.2) is 0 Å². The zero-order valence-corrected chi connectivity index (χ0v) is 11.3. The van der Waals surface area contributed by atoms with Crippen LogP contribution in [-0.2, 0) is 17.3 Å². The van der Waals surface area contributed by atoms with E-state index in [4.69, 9.17) is 10.5 Å². The van der Waals surface area contributed by atoms with E-state index in [2.05, 4.69) is 0 Å². The molecule has 4 heteroatoms. The Kier molecular flexibility index (Phi) is 6.22. The Morgan fingerprint density at radius 2 is 2.24 bits per heavy atom. The van der Waals surface area contributed by atoms with Gasteiger partial charge < -0.3 is 10.5 Å². The third kappa shape index (κ3) is 4.88. The molecular formula is C13H21NO2S. The molecule has 96 valence electrons. The van der Waals surface area contributed by atoms with E-state index in [0.717, 1.165) is 17.7 Å². The van der Waals surface area contributed by atoms with Crippen LogP contribution in [0.2, 0.25) is 0 Å². The van der Waals surface area contributed by atoms with Crippen LogP contribution in [0, 0.1) is 0 Å². The van der Waals surface area contributed by atoms with Crippen molar-refractivity contribution in [3.63, 3.8) is 0 Å². The molecule has 0 amide bonds. The van der Waals surface area contributed by atoms with Crippen LogP contribution in [0.4, 0.5) is 0 Å². The molecule has 1 rings (SSSR count). The summed E-state index contributed by atoms with van der Waals surface area (Å²) < 4.78 is 17.3. The van der Waals surface area contributed by atoms with E-state index in [1.807, 2.05) is 38.1 Å². The quantitative estimate of drug-likeness (QED) is 0.811. The Morgan fingerprint density at radius 3 is 2.88 bits per heavy atom. The maximum Gasteiger partial charge on any atom is 0.119 e. The number of ether oxygens (including phenoxy) is 1. The fourth-order valence-corrected chi connectivity index (χ4v) is 2.41. The first kappa shape index (κ1) is 14.2. The van der Waals surface area contributed by atoms with Gasteiger partial charge in [-0.15, -0.1) is 0 Å². The SMILES string of the molecule is CCC(C)S(=O)CCOc1cccc(CN)c1. The van der Waals surface area contributed by atoms with Crippen molar-refractivity contribution in [1.29, 1.82) is 0 Å². The van der Waals surface area contributed by atoms with Gasteiger partial charge in [0.05, 0.1) is 12.4 Å². The van der Waals surface area contributed by atoms with E-state index in [1.54, 1.807) is 0 Å². The molecule has 0 radical (unpaired) electrons. The summed E-state index contributed by atoms with van der Waals surface area (Å²) in [5.41, 5.74) is 6.60. The Hall–Kier alpha value is -0.870. The van der Waals surface area contributed by atoms with E-state index in [9.17, 15) is 4.21 Å². The fourth-order valence-electron chi connectivity index (χ4n) is 1.39. The topological polar surface area (TPSA) is 52.3 Å². The monoisotopic (exact) mass is 255 g/mol. The molecule has 17 heavy (non-hydrogen) atoms. The highest BCUT2D eigenvalue weighted by molar-refractivity contribution is 7.85. The van der Waals surface area contributed by atoms with Crippen LogP contribution in [0.5, 0.6) is 5.75 Å². The predicted molar refractivity (Wildman–Crippen MR) is 72.6 cm³/mol. The maximum absolute atomic E-state index is 11.7.